The number of anilines is 1. The summed E-state index contributed by atoms with van der Waals surface area (Å²) in [5.74, 6) is 0.795. The molecule has 0 aliphatic rings. The molecule has 0 radical (unpaired) electrons. The fourth-order valence-electron chi connectivity index (χ4n) is 1.67. The van der Waals surface area contributed by atoms with Crippen LogP contribution in [0.15, 0.2) is 24.4 Å². The lowest BCUT2D eigenvalue weighted by atomic mass is 10.2. The summed E-state index contributed by atoms with van der Waals surface area (Å²) < 4.78 is 1.96. The van der Waals surface area contributed by atoms with Gasteiger partial charge in [0.15, 0.2) is 0 Å². The van der Waals surface area contributed by atoms with E-state index < -0.39 is 0 Å². The number of nitrogens with zero attached hydrogens (tertiary/aromatic N) is 2. The average Bonchev–Trinajstić information content (AvgIpc) is 2.59. The Labute approximate surface area is 100 Å². The van der Waals surface area contributed by atoms with Crippen LogP contribution in [0.25, 0.3) is 5.69 Å². The standard InChI is InChI=1S/C12H14ClN3/c1-8-4-5-11(10(13)6-8)16-7-9(2)15-12(16)14-3/h4-7H,1-3H3,(H,14,15). The number of aromatic nitrogens is 2. The Balaban J connectivity index is 2.57. The third-order valence-electron chi connectivity index (χ3n) is 2.41. The van der Waals surface area contributed by atoms with Crippen molar-refractivity contribution in [3.05, 3.63) is 40.7 Å². The normalized spacial score (nSPS) is 10.5. The Morgan fingerprint density at radius 2 is 2.06 bits per heavy atom. The van der Waals surface area contributed by atoms with Gasteiger partial charge < -0.3 is 5.32 Å². The van der Waals surface area contributed by atoms with E-state index in [1.54, 1.807) is 0 Å². The molecular formula is C12H14ClN3. The smallest absolute Gasteiger partial charge is 0.207 e. The van der Waals surface area contributed by atoms with Crippen LogP contribution in [0, 0.1) is 13.8 Å². The lowest BCUT2D eigenvalue weighted by Crippen LogP contribution is -2.01. The Morgan fingerprint density at radius 1 is 1.31 bits per heavy atom. The van der Waals surface area contributed by atoms with Gasteiger partial charge in [-0.25, -0.2) is 4.98 Å². The van der Waals surface area contributed by atoms with Crippen LogP contribution in [-0.4, -0.2) is 16.6 Å². The molecule has 0 fully saturated rings. The molecule has 1 heterocycles. The quantitative estimate of drug-likeness (QED) is 0.867. The van der Waals surface area contributed by atoms with Crippen LogP contribution in [0.2, 0.25) is 5.02 Å². The van der Waals surface area contributed by atoms with E-state index in [-0.39, 0.29) is 0 Å². The van der Waals surface area contributed by atoms with Crippen LogP contribution in [0.1, 0.15) is 11.3 Å². The van der Waals surface area contributed by atoms with Gasteiger partial charge in [0.05, 0.1) is 16.4 Å². The molecule has 4 heteroatoms. The second-order valence-electron chi connectivity index (χ2n) is 3.78. The Morgan fingerprint density at radius 3 is 2.69 bits per heavy atom. The van der Waals surface area contributed by atoms with Crippen molar-refractivity contribution in [2.45, 2.75) is 13.8 Å². The fraction of sp³-hybridized carbons (Fsp3) is 0.250. The van der Waals surface area contributed by atoms with Gasteiger partial charge in [-0.1, -0.05) is 17.7 Å². The minimum Gasteiger partial charge on any atom is -0.358 e. The van der Waals surface area contributed by atoms with E-state index in [0.29, 0.717) is 0 Å². The van der Waals surface area contributed by atoms with Crippen molar-refractivity contribution in [3.63, 3.8) is 0 Å². The van der Waals surface area contributed by atoms with Crippen LogP contribution >= 0.6 is 11.6 Å². The predicted octanol–water partition coefficient (Wildman–Crippen LogP) is 3.18. The maximum absolute atomic E-state index is 6.23. The Bertz CT molecular complexity index is 517. The summed E-state index contributed by atoms with van der Waals surface area (Å²) in [5.41, 5.74) is 3.05. The third kappa shape index (κ3) is 1.91. The SMILES string of the molecule is CNc1nc(C)cn1-c1ccc(C)cc1Cl. The van der Waals surface area contributed by atoms with Crippen LogP contribution in [0.4, 0.5) is 5.95 Å². The molecule has 1 N–H and O–H groups in total. The zero-order valence-corrected chi connectivity index (χ0v) is 10.3. The number of imidazole rings is 1. The van der Waals surface area contributed by atoms with E-state index >= 15 is 0 Å². The summed E-state index contributed by atoms with van der Waals surface area (Å²) in [4.78, 5) is 4.36. The molecule has 0 unspecified atom stereocenters. The highest BCUT2D eigenvalue weighted by Crippen LogP contribution is 2.25. The maximum atomic E-state index is 6.23. The monoisotopic (exact) mass is 235 g/mol. The highest BCUT2D eigenvalue weighted by atomic mass is 35.5. The van der Waals surface area contributed by atoms with E-state index in [0.717, 1.165) is 27.9 Å². The van der Waals surface area contributed by atoms with Gasteiger partial charge in [0, 0.05) is 13.2 Å². The molecule has 0 amide bonds. The van der Waals surface area contributed by atoms with Crippen molar-refractivity contribution in [1.29, 1.82) is 0 Å². The van der Waals surface area contributed by atoms with Crippen LogP contribution in [0.3, 0.4) is 0 Å². The lowest BCUT2D eigenvalue weighted by molar-refractivity contribution is 1.05. The number of hydrogen-bond acceptors (Lipinski definition) is 2. The molecule has 1 aromatic heterocycles. The summed E-state index contributed by atoms with van der Waals surface area (Å²) in [6.07, 6.45) is 1.96. The molecule has 16 heavy (non-hydrogen) atoms. The molecule has 0 aliphatic carbocycles. The van der Waals surface area contributed by atoms with Crippen molar-refractivity contribution in [2.24, 2.45) is 0 Å². The first kappa shape index (κ1) is 11.0. The highest BCUT2D eigenvalue weighted by molar-refractivity contribution is 6.32. The van der Waals surface area contributed by atoms with Gasteiger partial charge in [0.2, 0.25) is 5.95 Å². The summed E-state index contributed by atoms with van der Waals surface area (Å²) in [5, 5.41) is 3.78. The van der Waals surface area contributed by atoms with Gasteiger partial charge in [0.25, 0.3) is 0 Å². The topological polar surface area (TPSA) is 29.9 Å². The zero-order chi connectivity index (χ0) is 11.7. The molecule has 0 saturated heterocycles. The van der Waals surface area contributed by atoms with Gasteiger partial charge in [-0.15, -0.1) is 0 Å². The fourth-order valence-corrected chi connectivity index (χ4v) is 1.99. The number of aryl methyl sites for hydroxylation is 2. The zero-order valence-electron chi connectivity index (χ0n) is 9.58. The lowest BCUT2D eigenvalue weighted by Gasteiger charge is -2.09. The molecule has 0 saturated carbocycles. The van der Waals surface area contributed by atoms with Crippen molar-refractivity contribution in [3.8, 4) is 5.69 Å². The molecule has 0 spiro atoms. The molecule has 84 valence electrons. The van der Waals surface area contributed by atoms with Crippen LogP contribution < -0.4 is 5.32 Å². The first-order valence-electron chi connectivity index (χ1n) is 5.12. The number of benzene rings is 1. The molecule has 2 aromatic rings. The molecule has 1 aromatic carbocycles. The first-order chi connectivity index (χ1) is 7.61. The van der Waals surface area contributed by atoms with Gasteiger partial charge in [-0.2, -0.15) is 0 Å². The van der Waals surface area contributed by atoms with E-state index in [1.165, 1.54) is 0 Å². The molecule has 0 atom stereocenters. The van der Waals surface area contributed by atoms with Crippen molar-refractivity contribution in [1.82, 2.24) is 9.55 Å². The minimum atomic E-state index is 0.730. The number of nitrogens with one attached hydrogen (secondary N) is 1. The van der Waals surface area contributed by atoms with Gasteiger partial charge in [0.1, 0.15) is 0 Å². The van der Waals surface area contributed by atoms with E-state index in [1.807, 2.05) is 49.9 Å². The maximum Gasteiger partial charge on any atom is 0.207 e. The molecular weight excluding hydrogens is 222 g/mol. The van der Waals surface area contributed by atoms with E-state index in [4.69, 9.17) is 11.6 Å². The largest absolute Gasteiger partial charge is 0.358 e. The van der Waals surface area contributed by atoms with E-state index in [9.17, 15) is 0 Å². The predicted molar refractivity (Wildman–Crippen MR) is 67.6 cm³/mol. The van der Waals surface area contributed by atoms with Gasteiger partial charge >= 0.3 is 0 Å². The number of rotatable bonds is 2. The second kappa shape index (κ2) is 4.18. The van der Waals surface area contributed by atoms with Crippen LogP contribution in [-0.2, 0) is 0 Å². The highest BCUT2D eigenvalue weighted by Gasteiger charge is 2.08. The second-order valence-corrected chi connectivity index (χ2v) is 4.19. The van der Waals surface area contributed by atoms with E-state index in [2.05, 4.69) is 10.3 Å². The summed E-state index contributed by atoms with van der Waals surface area (Å²) in [7, 11) is 1.85. The Kier molecular flexibility index (Phi) is 2.88. The summed E-state index contributed by atoms with van der Waals surface area (Å²) in [6.45, 7) is 3.98. The van der Waals surface area contributed by atoms with Gasteiger partial charge in [-0.05, 0) is 31.5 Å². The van der Waals surface area contributed by atoms with Crippen molar-refractivity contribution >= 4 is 17.5 Å². The number of hydrogen-bond donors (Lipinski definition) is 1. The molecule has 0 bridgehead atoms. The third-order valence-corrected chi connectivity index (χ3v) is 2.72. The first-order valence-corrected chi connectivity index (χ1v) is 5.50. The molecule has 0 aliphatic heterocycles. The molecule has 3 nitrogen and oxygen atoms in total. The Hall–Kier alpha value is -1.48. The minimum absolute atomic E-state index is 0.730. The van der Waals surface area contributed by atoms with Crippen molar-refractivity contribution < 1.29 is 0 Å². The molecule has 2 rings (SSSR count). The average molecular weight is 236 g/mol. The van der Waals surface area contributed by atoms with Gasteiger partial charge in [-0.3, -0.25) is 4.57 Å². The summed E-state index contributed by atoms with van der Waals surface area (Å²) >= 11 is 6.23. The summed E-state index contributed by atoms with van der Waals surface area (Å²) in [6, 6.07) is 5.99. The van der Waals surface area contributed by atoms with Crippen LogP contribution in [0.5, 0.6) is 0 Å². The number of halogens is 1. The van der Waals surface area contributed by atoms with Crippen molar-refractivity contribution in [2.75, 3.05) is 12.4 Å².